The summed E-state index contributed by atoms with van der Waals surface area (Å²) >= 11 is 5.27. The Morgan fingerprint density at radius 1 is 0.800 bits per heavy atom. The molecule has 0 aliphatic carbocycles. The second-order valence-electron chi connectivity index (χ2n) is 5.09. The molecule has 0 amide bonds. The van der Waals surface area contributed by atoms with Crippen LogP contribution in [-0.2, 0) is 0 Å². The zero-order valence-corrected chi connectivity index (χ0v) is 15.4. The zero-order chi connectivity index (χ0) is 17.9. The smallest absolute Gasteiger partial charge is 0.170 e. The van der Waals surface area contributed by atoms with Crippen LogP contribution in [0.3, 0.4) is 0 Å². The summed E-state index contributed by atoms with van der Waals surface area (Å²) < 4.78 is 16.5. The number of nitrogens with one attached hydrogen (secondary N) is 2. The molecule has 0 saturated heterocycles. The van der Waals surface area contributed by atoms with Crippen LogP contribution in [0.15, 0.2) is 48.5 Å². The first-order valence-corrected chi connectivity index (χ1v) is 8.75. The molecular formula is C19H24N2O3S. The van der Waals surface area contributed by atoms with Crippen LogP contribution in [-0.4, -0.2) is 31.5 Å². The highest BCUT2D eigenvalue weighted by atomic mass is 32.1. The van der Waals surface area contributed by atoms with E-state index in [1.54, 1.807) is 0 Å². The third-order valence-corrected chi connectivity index (χ3v) is 3.46. The van der Waals surface area contributed by atoms with Crippen molar-refractivity contribution in [3.8, 4) is 17.2 Å². The van der Waals surface area contributed by atoms with Gasteiger partial charge in [-0.3, -0.25) is 0 Å². The highest BCUT2D eigenvalue weighted by Crippen LogP contribution is 2.17. The summed E-state index contributed by atoms with van der Waals surface area (Å²) in [7, 11) is 0. The average Bonchev–Trinajstić information content (AvgIpc) is 2.62. The van der Waals surface area contributed by atoms with E-state index in [-0.39, 0.29) is 0 Å². The Labute approximate surface area is 154 Å². The Bertz CT molecular complexity index is 645. The summed E-state index contributed by atoms with van der Waals surface area (Å²) in [6.45, 7) is 6.35. The van der Waals surface area contributed by atoms with E-state index < -0.39 is 0 Å². The second-order valence-corrected chi connectivity index (χ2v) is 5.50. The second kappa shape index (κ2) is 10.4. The molecule has 5 nitrogen and oxygen atoms in total. The van der Waals surface area contributed by atoms with Crippen molar-refractivity contribution >= 4 is 23.0 Å². The molecule has 0 radical (unpaired) electrons. The number of ether oxygens (including phenoxy) is 3. The minimum atomic E-state index is 0.513. The number of hydrogen-bond donors (Lipinski definition) is 2. The van der Waals surface area contributed by atoms with E-state index in [0.717, 1.165) is 22.9 Å². The maximum absolute atomic E-state index is 5.66. The molecule has 2 aromatic rings. The van der Waals surface area contributed by atoms with Crippen LogP contribution in [0, 0.1) is 0 Å². The monoisotopic (exact) mass is 360 g/mol. The van der Waals surface area contributed by atoms with Crippen molar-refractivity contribution < 1.29 is 14.2 Å². The predicted octanol–water partition coefficient (Wildman–Crippen LogP) is 3.85. The van der Waals surface area contributed by atoms with Crippen molar-refractivity contribution in [2.45, 2.75) is 13.8 Å². The average molecular weight is 360 g/mol. The summed E-state index contributed by atoms with van der Waals surface area (Å²) in [6, 6.07) is 15.2. The van der Waals surface area contributed by atoms with E-state index in [0.29, 0.717) is 31.5 Å². The van der Waals surface area contributed by atoms with E-state index >= 15 is 0 Å². The minimum absolute atomic E-state index is 0.513. The number of rotatable bonds is 9. The van der Waals surface area contributed by atoms with Crippen LogP contribution in [0.1, 0.15) is 13.8 Å². The van der Waals surface area contributed by atoms with Crippen molar-refractivity contribution in [1.29, 1.82) is 0 Å². The van der Waals surface area contributed by atoms with Crippen LogP contribution >= 0.6 is 12.2 Å². The Morgan fingerprint density at radius 3 is 1.80 bits per heavy atom. The largest absolute Gasteiger partial charge is 0.494 e. The molecule has 0 saturated carbocycles. The van der Waals surface area contributed by atoms with Gasteiger partial charge in [-0.2, -0.15) is 0 Å². The fourth-order valence-corrected chi connectivity index (χ4v) is 2.33. The molecule has 6 heteroatoms. The number of benzene rings is 2. The van der Waals surface area contributed by atoms with E-state index in [9.17, 15) is 0 Å². The lowest BCUT2D eigenvalue weighted by molar-refractivity contribution is 0.319. The maximum Gasteiger partial charge on any atom is 0.170 e. The van der Waals surface area contributed by atoms with Crippen LogP contribution < -0.4 is 24.8 Å². The van der Waals surface area contributed by atoms with Gasteiger partial charge in [-0.15, -0.1) is 0 Å². The summed E-state index contributed by atoms with van der Waals surface area (Å²) in [6.07, 6.45) is 0. The molecule has 134 valence electrons. The molecule has 0 aliphatic rings. The number of anilines is 1. The van der Waals surface area contributed by atoms with Gasteiger partial charge >= 0.3 is 0 Å². The quantitative estimate of drug-likeness (QED) is 0.523. The lowest BCUT2D eigenvalue weighted by atomic mass is 10.3. The lowest BCUT2D eigenvalue weighted by Crippen LogP contribution is -2.31. The molecule has 0 unspecified atom stereocenters. The predicted molar refractivity (Wildman–Crippen MR) is 105 cm³/mol. The normalized spacial score (nSPS) is 10.0. The van der Waals surface area contributed by atoms with Crippen molar-refractivity contribution in [2.24, 2.45) is 0 Å². The van der Waals surface area contributed by atoms with E-state index in [2.05, 4.69) is 10.6 Å². The maximum atomic E-state index is 5.66. The van der Waals surface area contributed by atoms with Crippen molar-refractivity contribution in [1.82, 2.24) is 5.32 Å². The topological polar surface area (TPSA) is 51.8 Å². The third-order valence-electron chi connectivity index (χ3n) is 3.21. The molecule has 0 aliphatic heterocycles. The Hall–Kier alpha value is -2.47. The molecule has 0 heterocycles. The molecule has 0 spiro atoms. The van der Waals surface area contributed by atoms with Gasteiger partial charge in [-0.1, -0.05) is 0 Å². The molecule has 0 fully saturated rings. The summed E-state index contributed by atoms with van der Waals surface area (Å²) in [5.41, 5.74) is 0.911. The van der Waals surface area contributed by atoms with E-state index in [1.165, 1.54) is 0 Å². The standard InChI is InChI=1S/C19H24N2O3S/c1-3-22-16-7-5-15(6-8-16)21-19(25)20-13-14-24-18-11-9-17(10-12-18)23-4-2/h5-12H,3-4,13-14H2,1-2H3,(H2,20,21,25). The Morgan fingerprint density at radius 2 is 1.28 bits per heavy atom. The summed E-state index contributed by atoms with van der Waals surface area (Å²) in [5.74, 6) is 2.49. The van der Waals surface area contributed by atoms with Crippen molar-refractivity contribution in [3.63, 3.8) is 0 Å². The molecular weight excluding hydrogens is 336 g/mol. The van der Waals surface area contributed by atoms with Gasteiger partial charge in [0.2, 0.25) is 0 Å². The van der Waals surface area contributed by atoms with Gasteiger partial charge in [0, 0.05) is 5.69 Å². The highest BCUT2D eigenvalue weighted by molar-refractivity contribution is 7.80. The van der Waals surface area contributed by atoms with Crippen LogP contribution in [0.5, 0.6) is 17.2 Å². The van der Waals surface area contributed by atoms with Crippen LogP contribution in [0.2, 0.25) is 0 Å². The van der Waals surface area contributed by atoms with E-state index in [4.69, 9.17) is 26.4 Å². The molecule has 2 rings (SSSR count). The third kappa shape index (κ3) is 6.89. The number of thiocarbonyl (C=S) groups is 1. The van der Waals surface area contributed by atoms with Crippen molar-refractivity contribution in [3.05, 3.63) is 48.5 Å². The zero-order valence-electron chi connectivity index (χ0n) is 14.6. The Kier molecular flexibility index (Phi) is 7.85. The summed E-state index contributed by atoms with van der Waals surface area (Å²) in [4.78, 5) is 0. The number of hydrogen-bond acceptors (Lipinski definition) is 4. The molecule has 0 aromatic heterocycles. The summed E-state index contributed by atoms with van der Waals surface area (Å²) in [5, 5.41) is 6.79. The van der Waals surface area contributed by atoms with Gasteiger partial charge in [0.25, 0.3) is 0 Å². The molecule has 0 bridgehead atoms. The van der Waals surface area contributed by atoms with Crippen LogP contribution in [0.25, 0.3) is 0 Å². The molecule has 0 atom stereocenters. The van der Waals surface area contributed by atoms with Crippen molar-refractivity contribution in [2.75, 3.05) is 31.7 Å². The van der Waals surface area contributed by atoms with Gasteiger partial charge in [-0.05, 0) is 74.6 Å². The molecule has 2 aromatic carbocycles. The van der Waals surface area contributed by atoms with Gasteiger partial charge in [0.05, 0.1) is 19.8 Å². The van der Waals surface area contributed by atoms with Gasteiger partial charge in [0.1, 0.15) is 23.9 Å². The van der Waals surface area contributed by atoms with Gasteiger partial charge in [0.15, 0.2) is 5.11 Å². The first-order valence-electron chi connectivity index (χ1n) is 8.34. The lowest BCUT2D eigenvalue weighted by Gasteiger charge is -2.12. The first kappa shape index (κ1) is 18.9. The Balaban J connectivity index is 1.66. The SMILES string of the molecule is CCOc1ccc(NC(=S)NCCOc2ccc(OCC)cc2)cc1. The fraction of sp³-hybridized carbons (Fsp3) is 0.316. The van der Waals surface area contributed by atoms with Gasteiger partial charge in [-0.25, -0.2) is 0 Å². The first-order chi connectivity index (χ1) is 12.2. The minimum Gasteiger partial charge on any atom is -0.494 e. The fourth-order valence-electron chi connectivity index (χ4n) is 2.11. The van der Waals surface area contributed by atoms with Crippen LogP contribution in [0.4, 0.5) is 5.69 Å². The van der Waals surface area contributed by atoms with Gasteiger partial charge < -0.3 is 24.8 Å². The highest BCUT2D eigenvalue weighted by Gasteiger charge is 2.00. The molecule has 25 heavy (non-hydrogen) atoms. The molecule has 2 N–H and O–H groups in total. The van der Waals surface area contributed by atoms with E-state index in [1.807, 2.05) is 62.4 Å².